The van der Waals surface area contributed by atoms with E-state index in [0.29, 0.717) is 18.3 Å². The topological polar surface area (TPSA) is 54.0 Å². The molecule has 1 aromatic rings. The molecule has 1 unspecified atom stereocenters. The molecule has 1 aliphatic rings. The number of nitrogens with zero attached hydrogens (tertiary/aromatic N) is 1. The summed E-state index contributed by atoms with van der Waals surface area (Å²) in [4.78, 5) is 15.8. The Hall–Kier alpha value is -0.650. The Morgan fingerprint density at radius 3 is 3.12 bits per heavy atom. The summed E-state index contributed by atoms with van der Waals surface area (Å²) >= 11 is 3.31. The van der Waals surface area contributed by atoms with Crippen molar-refractivity contribution in [1.82, 2.24) is 15.6 Å². The van der Waals surface area contributed by atoms with E-state index in [1.54, 1.807) is 12.3 Å². The Balaban J connectivity index is 0.00000144. The van der Waals surface area contributed by atoms with Gasteiger partial charge in [0.15, 0.2) is 0 Å². The lowest BCUT2D eigenvalue weighted by molar-refractivity contribution is 0.0944. The molecule has 1 fully saturated rings. The summed E-state index contributed by atoms with van der Waals surface area (Å²) in [6.07, 6.45) is 3.94. The third-order valence-corrected chi connectivity index (χ3v) is 3.28. The normalized spacial score (nSPS) is 18.5. The van der Waals surface area contributed by atoms with E-state index in [0.717, 1.165) is 17.4 Å². The molecule has 1 aromatic heterocycles. The second-order valence-corrected chi connectivity index (χ2v) is 4.69. The van der Waals surface area contributed by atoms with Crippen molar-refractivity contribution in [3.63, 3.8) is 0 Å². The smallest absolute Gasteiger partial charge is 0.271 e. The molecule has 2 heterocycles. The highest BCUT2D eigenvalue weighted by Gasteiger charge is 2.16. The van der Waals surface area contributed by atoms with Crippen molar-refractivity contribution in [2.75, 3.05) is 13.1 Å². The monoisotopic (exact) mass is 319 g/mol. The van der Waals surface area contributed by atoms with Crippen molar-refractivity contribution in [2.45, 2.75) is 18.9 Å². The zero-order chi connectivity index (χ0) is 11.4. The van der Waals surface area contributed by atoms with Gasteiger partial charge in [-0.3, -0.25) is 4.79 Å². The van der Waals surface area contributed by atoms with Crippen LogP contribution in [0.5, 0.6) is 0 Å². The Morgan fingerprint density at radius 1 is 1.65 bits per heavy atom. The van der Waals surface area contributed by atoms with Crippen molar-refractivity contribution in [2.24, 2.45) is 0 Å². The predicted molar refractivity (Wildman–Crippen MR) is 72.5 cm³/mol. The standard InChI is InChI=1S/C11H14BrN3O.ClH/c12-9-4-2-6-14-10(9)11(16)15-7-8-3-1-5-13-8;/h2,4,6,8,13H,1,3,5,7H2,(H,15,16);1H. The van der Waals surface area contributed by atoms with E-state index in [1.807, 2.05) is 6.07 Å². The lowest BCUT2D eigenvalue weighted by Crippen LogP contribution is -2.37. The van der Waals surface area contributed by atoms with E-state index < -0.39 is 0 Å². The lowest BCUT2D eigenvalue weighted by atomic mass is 10.2. The van der Waals surface area contributed by atoms with Gasteiger partial charge < -0.3 is 10.6 Å². The van der Waals surface area contributed by atoms with Gasteiger partial charge in [0.1, 0.15) is 5.69 Å². The summed E-state index contributed by atoms with van der Waals surface area (Å²) in [6, 6.07) is 4.02. The third kappa shape index (κ3) is 3.94. The van der Waals surface area contributed by atoms with Crippen LogP contribution in [0.15, 0.2) is 22.8 Å². The highest BCUT2D eigenvalue weighted by molar-refractivity contribution is 9.10. The minimum absolute atomic E-state index is 0. The highest BCUT2D eigenvalue weighted by atomic mass is 79.9. The molecule has 0 aliphatic carbocycles. The largest absolute Gasteiger partial charge is 0.349 e. The van der Waals surface area contributed by atoms with E-state index in [9.17, 15) is 4.79 Å². The minimum Gasteiger partial charge on any atom is -0.349 e. The summed E-state index contributed by atoms with van der Waals surface area (Å²) in [5.41, 5.74) is 0.445. The number of nitrogens with one attached hydrogen (secondary N) is 2. The maximum absolute atomic E-state index is 11.8. The predicted octanol–water partition coefficient (Wildman–Crippen LogP) is 1.75. The summed E-state index contributed by atoms with van der Waals surface area (Å²) < 4.78 is 0.729. The first-order valence-electron chi connectivity index (χ1n) is 5.39. The van der Waals surface area contributed by atoms with E-state index in [4.69, 9.17) is 0 Å². The first-order valence-corrected chi connectivity index (χ1v) is 6.19. The van der Waals surface area contributed by atoms with Gasteiger partial charge in [-0.2, -0.15) is 0 Å². The summed E-state index contributed by atoms with van der Waals surface area (Å²) in [5.74, 6) is -0.124. The molecule has 0 saturated carbocycles. The van der Waals surface area contributed by atoms with Crippen LogP contribution in [-0.4, -0.2) is 30.0 Å². The molecule has 0 aromatic carbocycles. The maximum atomic E-state index is 11.8. The van der Waals surface area contributed by atoms with Gasteiger partial charge >= 0.3 is 0 Å². The molecule has 17 heavy (non-hydrogen) atoms. The Bertz CT molecular complexity index is 383. The van der Waals surface area contributed by atoms with Gasteiger partial charge in [0.05, 0.1) is 0 Å². The fraction of sp³-hybridized carbons (Fsp3) is 0.455. The molecule has 1 aliphatic heterocycles. The van der Waals surface area contributed by atoms with E-state index in [2.05, 4.69) is 31.5 Å². The maximum Gasteiger partial charge on any atom is 0.271 e. The average molecular weight is 321 g/mol. The van der Waals surface area contributed by atoms with Crippen molar-refractivity contribution >= 4 is 34.2 Å². The van der Waals surface area contributed by atoms with Gasteiger partial charge in [-0.25, -0.2) is 4.98 Å². The second kappa shape index (κ2) is 6.93. The van der Waals surface area contributed by atoms with Gasteiger partial charge in [-0.05, 0) is 47.4 Å². The SMILES string of the molecule is Cl.O=C(NCC1CCCN1)c1ncccc1Br. The van der Waals surface area contributed by atoms with Gasteiger partial charge in [0.25, 0.3) is 5.91 Å². The Morgan fingerprint density at radius 2 is 2.47 bits per heavy atom. The molecular formula is C11H15BrClN3O. The molecule has 0 bridgehead atoms. The molecule has 2 N–H and O–H groups in total. The number of hydrogen-bond acceptors (Lipinski definition) is 3. The van der Waals surface area contributed by atoms with Gasteiger partial charge in [-0.15, -0.1) is 12.4 Å². The molecule has 2 rings (SSSR count). The molecule has 4 nitrogen and oxygen atoms in total. The number of aromatic nitrogens is 1. The Labute approximate surface area is 115 Å². The molecule has 0 spiro atoms. The third-order valence-electron chi connectivity index (χ3n) is 2.64. The van der Waals surface area contributed by atoms with Gasteiger partial charge in [-0.1, -0.05) is 0 Å². The van der Waals surface area contributed by atoms with E-state index >= 15 is 0 Å². The van der Waals surface area contributed by atoms with Crippen LogP contribution in [0.1, 0.15) is 23.3 Å². The minimum atomic E-state index is -0.124. The molecule has 1 amide bonds. The zero-order valence-corrected chi connectivity index (χ0v) is 11.7. The quantitative estimate of drug-likeness (QED) is 0.892. The second-order valence-electron chi connectivity index (χ2n) is 3.84. The van der Waals surface area contributed by atoms with Crippen molar-refractivity contribution < 1.29 is 4.79 Å². The number of rotatable bonds is 3. The summed E-state index contributed by atoms with van der Waals surface area (Å²) in [7, 11) is 0. The van der Waals surface area contributed by atoms with E-state index in [-0.39, 0.29) is 18.3 Å². The summed E-state index contributed by atoms with van der Waals surface area (Å²) in [6.45, 7) is 1.72. The fourth-order valence-corrected chi connectivity index (χ4v) is 2.22. The van der Waals surface area contributed by atoms with E-state index in [1.165, 1.54) is 6.42 Å². The molecule has 1 saturated heterocycles. The number of pyridine rings is 1. The molecule has 0 radical (unpaired) electrons. The average Bonchev–Trinajstić information content (AvgIpc) is 2.79. The molecule has 1 atom stereocenters. The number of carbonyl (C=O) groups excluding carboxylic acids is 1. The number of hydrogen-bond donors (Lipinski definition) is 2. The lowest BCUT2D eigenvalue weighted by Gasteiger charge is -2.11. The van der Waals surface area contributed by atoms with Crippen LogP contribution in [0.3, 0.4) is 0 Å². The van der Waals surface area contributed by atoms with Crippen LogP contribution in [-0.2, 0) is 0 Å². The fourth-order valence-electron chi connectivity index (χ4n) is 1.78. The molecular weight excluding hydrogens is 305 g/mol. The zero-order valence-electron chi connectivity index (χ0n) is 9.28. The van der Waals surface area contributed by atoms with Crippen LogP contribution in [0.2, 0.25) is 0 Å². The first-order chi connectivity index (χ1) is 7.77. The number of carbonyl (C=O) groups is 1. The van der Waals surface area contributed by atoms with Gasteiger partial charge in [0, 0.05) is 23.3 Å². The van der Waals surface area contributed by atoms with Crippen molar-refractivity contribution in [1.29, 1.82) is 0 Å². The number of halogens is 2. The van der Waals surface area contributed by atoms with Crippen molar-refractivity contribution in [3.8, 4) is 0 Å². The Kier molecular flexibility index (Phi) is 5.88. The van der Waals surface area contributed by atoms with Gasteiger partial charge in [0.2, 0.25) is 0 Å². The van der Waals surface area contributed by atoms with Crippen LogP contribution < -0.4 is 10.6 Å². The van der Waals surface area contributed by atoms with Crippen LogP contribution in [0, 0.1) is 0 Å². The number of amides is 1. The summed E-state index contributed by atoms with van der Waals surface area (Å²) in [5, 5.41) is 6.22. The van der Waals surface area contributed by atoms with Crippen molar-refractivity contribution in [3.05, 3.63) is 28.5 Å². The van der Waals surface area contributed by atoms with Crippen LogP contribution >= 0.6 is 28.3 Å². The van der Waals surface area contributed by atoms with Crippen LogP contribution in [0.4, 0.5) is 0 Å². The van der Waals surface area contributed by atoms with Crippen LogP contribution in [0.25, 0.3) is 0 Å². The molecule has 6 heteroatoms. The molecule has 94 valence electrons. The highest BCUT2D eigenvalue weighted by Crippen LogP contribution is 2.13. The first kappa shape index (κ1) is 14.4.